The van der Waals surface area contributed by atoms with Crippen LogP contribution in [0.15, 0.2) is 9.05 Å². The highest BCUT2D eigenvalue weighted by molar-refractivity contribution is 5.04. The number of hydrogen-bond donors (Lipinski definition) is 0. The van der Waals surface area contributed by atoms with Crippen molar-refractivity contribution in [3.05, 3.63) is 23.4 Å². The molecule has 5 rings (SSSR count). The van der Waals surface area contributed by atoms with E-state index in [2.05, 4.69) is 37.1 Å². The Labute approximate surface area is 146 Å². The summed E-state index contributed by atoms with van der Waals surface area (Å²) >= 11 is 0. The van der Waals surface area contributed by atoms with Crippen LogP contribution in [0.5, 0.6) is 0 Å². The van der Waals surface area contributed by atoms with Crippen LogP contribution >= 0.6 is 0 Å². The van der Waals surface area contributed by atoms with Crippen molar-refractivity contribution in [1.82, 2.24) is 30.1 Å². The molecule has 3 aliphatic rings. The third kappa shape index (κ3) is 3.46. The molecule has 1 atom stereocenters. The predicted octanol–water partition coefficient (Wildman–Crippen LogP) is 1.91. The van der Waals surface area contributed by atoms with Gasteiger partial charge in [0.05, 0.1) is 13.1 Å². The van der Waals surface area contributed by atoms with Crippen LogP contribution in [0.3, 0.4) is 0 Å². The summed E-state index contributed by atoms with van der Waals surface area (Å²) in [4.78, 5) is 13.8. The fraction of sp³-hybridized carbons (Fsp3) is 0.765. The fourth-order valence-electron chi connectivity index (χ4n) is 3.53. The molecule has 3 fully saturated rings. The summed E-state index contributed by atoms with van der Waals surface area (Å²) in [5.41, 5.74) is 0. The van der Waals surface area contributed by atoms with Crippen molar-refractivity contribution in [3.8, 4) is 0 Å². The Hall–Kier alpha value is -1.80. The summed E-state index contributed by atoms with van der Waals surface area (Å²) in [7, 11) is 2.14. The van der Waals surface area contributed by atoms with E-state index in [0.29, 0.717) is 17.9 Å². The Morgan fingerprint density at radius 3 is 2.68 bits per heavy atom. The minimum Gasteiger partial charge on any atom is -0.339 e. The number of rotatable bonds is 7. The average molecular weight is 344 g/mol. The second kappa shape index (κ2) is 6.17. The summed E-state index contributed by atoms with van der Waals surface area (Å²) in [5, 5.41) is 8.23. The SMILES string of the molecule is CN(Cc1noc(C2CC2)n1)[C@@H]1CCN(Cc2nc(C3CC3)no2)C1. The largest absolute Gasteiger partial charge is 0.339 e. The van der Waals surface area contributed by atoms with Crippen LogP contribution in [0.4, 0.5) is 0 Å². The van der Waals surface area contributed by atoms with Gasteiger partial charge in [-0.2, -0.15) is 9.97 Å². The summed E-state index contributed by atoms with van der Waals surface area (Å²) < 4.78 is 10.8. The number of hydrogen-bond acceptors (Lipinski definition) is 8. The maximum Gasteiger partial charge on any atom is 0.240 e. The van der Waals surface area contributed by atoms with E-state index in [1.54, 1.807) is 0 Å². The topological polar surface area (TPSA) is 84.3 Å². The molecular weight excluding hydrogens is 320 g/mol. The Morgan fingerprint density at radius 2 is 1.88 bits per heavy atom. The quantitative estimate of drug-likeness (QED) is 0.753. The minimum atomic E-state index is 0.494. The van der Waals surface area contributed by atoms with Gasteiger partial charge < -0.3 is 9.05 Å². The molecule has 8 heteroatoms. The molecule has 3 heterocycles. The van der Waals surface area contributed by atoms with E-state index in [9.17, 15) is 0 Å². The minimum absolute atomic E-state index is 0.494. The van der Waals surface area contributed by atoms with E-state index < -0.39 is 0 Å². The third-order valence-corrected chi connectivity index (χ3v) is 5.46. The van der Waals surface area contributed by atoms with Crippen molar-refractivity contribution in [3.63, 3.8) is 0 Å². The first-order valence-corrected chi connectivity index (χ1v) is 9.32. The Bertz CT molecular complexity index is 735. The zero-order valence-corrected chi connectivity index (χ0v) is 14.6. The molecule has 0 unspecified atom stereocenters. The zero-order valence-electron chi connectivity index (χ0n) is 14.6. The second-order valence-corrected chi connectivity index (χ2v) is 7.74. The van der Waals surface area contributed by atoms with Gasteiger partial charge in [-0.3, -0.25) is 9.80 Å². The average Bonchev–Trinajstić information content (AvgIpc) is 3.50. The van der Waals surface area contributed by atoms with Crippen LogP contribution in [0.25, 0.3) is 0 Å². The molecule has 1 aliphatic heterocycles. The van der Waals surface area contributed by atoms with Crippen LogP contribution in [0, 0.1) is 0 Å². The summed E-state index contributed by atoms with van der Waals surface area (Å²) in [6.07, 6.45) is 5.91. The number of likely N-dealkylation sites (N-methyl/N-ethyl adjacent to an activating group) is 1. The molecule has 2 saturated carbocycles. The van der Waals surface area contributed by atoms with Crippen molar-refractivity contribution in [1.29, 1.82) is 0 Å². The lowest BCUT2D eigenvalue weighted by Crippen LogP contribution is -2.34. The van der Waals surface area contributed by atoms with Crippen molar-refractivity contribution in [2.24, 2.45) is 0 Å². The number of nitrogens with zero attached hydrogens (tertiary/aromatic N) is 6. The summed E-state index contributed by atoms with van der Waals surface area (Å²) in [6, 6.07) is 0.494. The van der Waals surface area contributed by atoms with Gasteiger partial charge in [-0.1, -0.05) is 10.3 Å². The van der Waals surface area contributed by atoms with Gasteiger partial charge in [0.25, 0.3) is 0 Å². The molecule has 0 spiro atoms. The molecule has 134 valence electrons. The van der Waals surface area contributed by atoms with Crippen LogP contribution in [-0.4, -0.2) is 56.3 Å². The van der Waals surface area contributed by atoms with Gasteiger partial charge in [0.2, 0.25) is 11.8 Å². The van der Waals surface area contributed by atoms with Gasteiger partial charge in [-0.25, -0.2) is 0 Å². The van der Waals surface area contributed by atoms with E-state index in [4.69, 9.17) is 9.05 Å². The van der Waals surface area contributed by atoms with Gasteiger partial charge in [-0.15, -0.1) is 0 Å². The normalized spacial score (nSPS) is 24.5. The zero-order chi connectivity index (χ0) is 16.8. The lowest BCUT2D eigenvalue weighted by atomic mass is 10.2. The first kappa shape index (κ1) is 15.5. The highest BCUT2D eigenvalue weighted by atomic mass is 16.5. The van der Waals surface area contributed by atoms with Crippen molar-refractivity contribution < 1.29 is 9.05 Å². The molecule has 2 aliphatic carbocycles. The van der Waals surface area contributed by atoms with Gasteiger partial charge in [0.15, 0.2) is 11.6 Å². The predicted molar refractivity (Wildman–Crippen MR) is 87.7 cm³/mol. The molecule has 0 aromatic carbocycles. The van der Waals surface area contributed by atoms with Gasteiger partial charge >= 0.3 is 0 Å². The summed E-state index contributed by atoms with van der Waals surface area (Å²) in [5.74, 6) is 4.32. The lowest BCUT2D eigenvalue weighted by molar-refractivity contribution is 0.206. The first-order chi connectivity index (χ1) is 12.2. The highest BCUT2D eigenvalue weighted by Gasteiger charge is 2.32. The molecule has 1 saturated heterocycles. The third-order valence-electron chi connectivity index (χ3n) is 5.46. The summed E-state index contributed by atoms with van der Waals surface area (Å²) in [6.45, 7) is 3.54. The molecule has 8 nitrogen and oxygen atoms in total. The maximum absolute atomic E-state index is 5.40. The van der Waals surface area contributed by atoms with Gasteiger partial charge in [0, 0.05) is 31.0 Å². The van der Waals surface area contributed by atoms with E-state index in [1.165, 1.54) is 25.7 Å². The molecule has 0 amide bonds. The Kier molecular flexibility index (Phi) is 3.82. The Morgan fingerprint density at radius 1 is 1.04 bits per heavy atom. The lowest BCUT2D eigenvalue weighted by Gasteiger charge is -2.22. The van der Waals surface area contributed by atoms with Crippen LogP contribution in [-0.2, 0) is 13.1 Å². The molecule has 25 heavy (non-hydrogen) atoms. The smallest absolute Gasteiger partial charge is 0.240 e. The van der Waals surface area contributed by atoms with E-state index in [-0.39, 0.29) is 0 Å². The van der Waals surface area contributed by atoms with Crippen molar-refractivity contribution >= 4 is 0 Å². The van der Waals surface area contributed by atoms with Gasteiger partial charge in [0.1, 0.15) is 0 Å². The Balaban J connectivity index is 1.13. The molecule has 2 aromatic heterocycles. The standard InChI is InChI=1S/C17H24N6O2/c1-22(9-14-18-17(25-20-14)12-4-5-12)13-6-7-23(8-13)10-15-19-16(21-24-15)11-2-3-11/h11-13H,2-10H2,1H3/t13-/m1/s1. The van der Waals surface area contributed by atoms with Crippen LogP contribution in [0.1, 0.15) is 67.4 Å². The molecule has 0 bridgehead atoms. The van der Waals surface area contributed by atoms with Crippen LogP contribution < -0.4 is 0 Å². The fourth-order valence-corrected chi connectivity index (χ4v) is 3.53. The van der Waals surface area contributed by atoms with Crippen molar-refractivity contribution in [2.45, 2.75) is 63.1 Å². The van der Waals surface area contributed by atoms with Crippen molar-refractivity contribution in [2.75, 3.05) is 20.1 Å². The van der Waals surface area contributed by atoms with E-state index >= 15 is 0 Å². The molecule has 2 aromatic rings. The maximum atomic E-state index is 5.40. The van der Waals surface area contributed by atoms with Gasteiger partial charge in [-0.05, 0) is 39.2 Å². The van der Waals surface area contributed by atoms with Crippen LogP contribution in [0.2, 0.25) is 0 Å². The second-order valence-electron chi connectivity index (χ2n) is 7.74. The van der Waals surface area contributed by atoms with E-state index in [1.807, 2.05) is 0 Å². The first-order valence-electron chi connectivity index (χ1n) is 9.32. The monoisotopic (exact) mass is 344 g/mol. The highest BCUT2D eigenvalue weighted by Crippen LogP contribution is 2.39. The molecule has 0 N–H and O–H groups in total. The number of likely N-dealkylation sites (tertiary alicyclic amines) is 1. The number of aromatic nitrogens is 4. The van der Waals surface area contributed by atoms with E-state index in [0.717, 1.165) is 56.0 Å². The molecule has 0 radical (unpaired) electrons. The molecular formula is C17H24N6O2.